The number of carbonyl (C=O) groups is 2. The Morgan fingerprint density at radius 2 is 1.59 bits per heavy atom. The largest absolute Gasteiger partial charge is 0.497 e. The van der Waals surface area contributed by atoms with Crippen molar-refractivity contribution in [3.05, 3.63) is 65.2 Å². The van der Waals surface area contributed by atoms with E-state index in [0.717, 1.165) is 49.8 Å². The van der Waals surface area contributed by atoms with Gasteiger partial charge in [-0.05, 0) is 67.3 Å². The number of aryl methyl sites for hydroxylation is 1. The number of likely N-dealkylation sites (tertiary alicyclic amines) is 1. The Kier molecular flexibility index (Phi) is 7.13. The molecule has 0 radical (unpaired) electrons. The topological polar surface area (TPSA) is 58.6 Å². The van der Waals surface area contributed by atoms with Crippen LogP contribution in [0.5, 0.6) is 5.75 Å². The van der Waals surface area contributed by atoms with Crippen molar-refractivity contribution >= 4 is 11.8 Å². The Hall–Kier alpha value is -2.82. The zero-order valence-electron chi connectivity index (χ0n) is 19.2. The number of hydrogen-bond donors (Lipinski definition) is 1. The third kappa shape index (κ3) is 5.32. The molecule has 2 amide bonds. The lowest BCUT2D eigenvalue weighted by molar-refractivity contribution is -0.140. The van der Waals surface area contributed by atoms with Gasteiger partial charge in [-0.1, -0.05) is 43.3 Å². The molecule has 32 heavy (non-hydrogen) atoms. The van der Waals surface area contributed by atoms with E-state index in [0.29, 0.717) is 13.1 Å². The van der Waals surface area contributed by atoms with Gasteiger partial charge in [0.1, 0.15) is 5.75 Å². The minimum Gasteiger partial charge on any atom is -0.497 e. The fourth-order valence-corrected chi connectivity index (χ4v) is 4.58. The monoisotopic (exact) mass is 434 g/mol. The molecular formula is C27H34N2O3. The van der Waals surface area contributed by atoms with Crippen molar-refractivity contribution in [2.24, 2.45) is 11.8 Å². The van der Waals surface area contributed by atoms with Crippen molar-refractivity contribution in [2.75, 3.05) is 20.2 Å². The molecule has 2 atom stereocenters. The molecule has 4 rings (SSSR count). The van der Waals surface area contributed by atoms with Crippen molar-refractivity contribution in [1.29, 1.82) is 0 Å². The van der Waals surface area contributed by atoms with Gasteiger partial charge in [0.15, 0.2) is 0 Å². The first kappa shape index (κ1) is 22.4. The number of nitrogens with one attached hydrogen (secondary N) is 1. The van der Waals surface area contributed by atoms with Crippen molar-refractivity contribution < 1.29 is 14.3 Å². The number of methoxy groups -OCH3 is 1. The summed E-state index contributed by atoms with van der Waals surface area (Å²) < 4.78 is 5.19. The molecule has 1 aliphatic carbocycles. The fourth-order valence-electron chi connectivity index (χ4n) is 4.58. The molecule has 0 aromatic heterocycles. The van der Waals surface area contributed by atoms with Crippen molar-refractivity contribution in [3.63, 3.8) is 0 Å². The van der Waals surface area contributed by atoms with E-state index >= 15 is 0 Å². The van der Waals surface area contributed by atoms with Gasteiger partial charge in [0.25, 0.3) is 0 Å². The molecule has 2 aromatic rings. The SMILES string of the molecule is CCc1ccc([C@@H]2CC[C@H](C(=O)NCCc3ccc(OC)cc3)CN2C(=O)C2CC2)cc1. The Balaban J connectivity index is 1.36. The standard InChI is InChI=1S/C27H34N2O3/c1-3-19-4-8-21(9-5-19)25-15-12-23(18-29(25)27(31)22-10-11-22)26(30)28-17-16-20-6-13-24(32-2)14-7-20/h4-9,13-14,22-23,25H,3,10-12,15-18H2,1-2H3,(H,28,30)/t23-,25-/m0/s1. The van der Waals surface area contributed by atoms with Gasteiger partial charge in [-0.3, -0.25) is 9.59 Å². The molecule has 0 bridgehead atoms. The minimum atomic E-state index is -0.139. The summed E-state index contributed by atoms with van der Waals surface area (Å²) in [7, 11) is 1.65. The molecule has 1 saturated carbocycles. The molecular weight excluding hydrogens is 400 g/mol. The normalized spacial score (nSPS) is 20.6. The maximum Gasteiger partial charge on any atom is 0.226 e. The number of rotatable bonds is 8. The number of benzene rings is 2. The van der Waals surface area contributed by atoms with Crippen LogP contribution in [-0.2, 0) is 22.4 Å². The molecule has 2 aliphatic rings. The van der Waals surface area contributed by atoms with Crippen molar-refractivity contribution in [3.8, 4) is 5.75 Å². The third-order valence-electron chi connectivity index (χ3n) is 6.81. The van der Waals surface area contributed by atoms with Gasteiger partial charge in [0.05, 0.1) is 19.1 Å². The number of nitrogens with zero attached hydrogens (tertiary/aromatic N) is 1. The summed E-state index contributed by atoms with van der Waals surface area (Å²) in [5.41, 5.74) is 3.66. The first-order chi connectivity index (χ1) is 15.6. The van der Waals surface area contributed by atoms with Crippen LogP contribution in [0.3, 0.4) is 0 Å². The number of amides is 2. The molecule has 1 heterocycles. The predicted molar refractivity (Wildman–Crippen MR) is 125 cm³/mol. The average molecular weight is 435 g/mol. The predicted octanol–water partition coefficient (Wildman–Crippen LogP) is 4.31. The lowest BCUT2D eigenvalue weighted by Gasteiger charge is -2.40. The zero-order chi connectivity index (χ0) is 22.5. The highest BCUT2D eigenvalue weighted by Gasteiger charge is 2.41. The van der Waals surface area contributed by atoms with E-state index < -0.39 is 0 Å². The summed E-state index contributed by atoms with van der Waals surface area (Å²) in [5.74, 6) is 1.14. The van der Waals surface area contributed by atoms with Crippen LogP contribution in [0.4, 0.5) is 0 Å². The molecule has 5 nitrogen and oxygen atoms in total. The van der Waals surface area contributed by atoms with Crippen LogP contribution in [0.25, 0.3) is 0 Å². The Labute approximate surface area is 191 Å². The summed E-state index contributed by atoms with van der Waals surface area (Å²) in [5, 5.41) is 3.10. The number of ether oxygens (including phenoxy) is 1. The zero-order valence-corrected chi connectivity index (χ0v) is 19.2. The third-order valence-corrected chi connectivity index (χ3v) is 6.81. The van der Waals surface area contributed by atoms with E-state index in [-0.39, 0.29) is 29.7 Å². The molecule has 1 aliphatic heterocycles. The maximum absolute atomic E-state index is 13.1. The van der Waals surface area contributed by atoms with Gasteiger partial charge in [0, 0.05) is 19.0 Å². The molecule has 5 heteroatoms. The van der Waals surface area contributed by atoms with Crippen LogP contribution in [0.1, 0.15) is 55.3 Å². The Morgan fingerprint density at radius 1 is 0.938 bits per heavy atom. The lowest BCUT2D eigenvalue weighted by Crippen LogP contribution is -2.47. The van der Waals surface area contributed by atoms with Gasteiger partial charge in [0.2, 0.25) is 11.8 Å². The van der Waals surface area contributed by atoms with Crippen LogP contribution in [0, 0.1) is 11.8 Å². The summed E-state index contributed by atoms with van der Waals surface area (Å²) in [6.45, 7) is 3.26. The average Bonchev–Trinajstić information content (AvgIpc) is 3.69. The second kappa shape index (κ2) is 10.2. The Morgan fingerprint density at radius 3 is 2.22 bits per heavy atom. The summed E-state index contributed by atoms with van der Waals surface area (Å²) in [4.78, 5) is 28.0. The first-order valence-corrected chi connectivity index (χ1v) is 11.9. The van der Waals surface area contributed by atoms with E-state index in [9.17, 15) is 9.59 Å². The minimum absolute atomic E-state index is 0.0619. The highest BCUT2D eigenvalue weighted by molar-refractivity contribution is 5.84. The van der Waals surface area contributed by atoms with Gasteiger partial charge in [-0.2, -0.15) is 0 Å². The van der Waals surface area contributed by atoms with Gasteiger partial charge in [-0.25, -0.2) is 0 Å². The van der Waals surface area contributed by atoms with E-state index in [1.165, 1.54) is 11.1 Å². The molecule has 1 N–H and O–H groups in total. The molecule has 2 aromatic carbocycles. The summed E-state index contributed by atoms with van der Waals surface area (Å²) in [6, 6.07) is 16.6. The number of hydrogen-bond acceptors (Lipinski definition) is 3. The Bertz CT molecular complexity index is 919. The molecule has 0 unspecified atom stereocenters. The van der Waals surface area contributed by atoms with Gasteiger partial charge >= 0.3 is 0 Å². The van der Waals surface area contributed by atoms with Crippen LogP contribution < -0.4 is 10.1 Å². The van der Waals surface area contributed by atoms with Crippen LogP contribution in [-0.4, -0.2) is 36.9 Å². The van der Waals surface area contributed by atoms with Crippen LogP contribution in [0.2, 0.25) is 0 Å². The molecule has 0 spiro atoms. The van der Waals surface area contributed by atoms with Crippen molar-refractivity contribution in [1.82, 2.24) is 10.2 Å². The quantitative estimate of drug-likeness (QED) is 0.674. The summed E-state index contributed by atoms with van der Waals surface area (Å²) >= 11 is 0. The van der Waals surface area contributed by atoms with Gasteiger partial charge in [-0.15, -0.1) is 0 Å². The number of carbonyl (C=O) groups excluding carboxylic acids is 2. The highest BCUT2D eigenvalue weighted by atomic mass is 16.5. The van der Waals surface area contributed by atoms with E-state index in [4.69, 9.17) is 4.74 Å². The van der Waals surface area contributed by atoms with Crippen LogP contribution in [0.15, 0.2) is 48.5 Å². The van der Waals surface area contributed by atoms with Crippen molar-refractivity contribution in [2.45, 2.75) is 51.5 Å². The molecule has 2 fully saturated rings. The fraction of sp³-hybridized carbons (Fsp3) is 0.481. The van der Waals surface area contributed by atoms with E-state index in [1.807, 2.05) is 29.2 Å². The smallest absolute Gasteiger partial charge is 0.226 e. The maximum atomic E-state index is 13.1. The summed E-state index contributed by atoms with van der Waals surface area (Å²) in [6.07, 6.45) is 5.39. The van der Waals surface area contributed by atoms with E-state index in [1.54, 1.807) is 7.11 Å². The second-order valence-corrected chi connectivity index (χ2v) is 9.04. The molecule has 1 saturated heterocycles. The molecule has 170 valence electrons. The lowest BCUT2D eigenvalue weighted by atomic mass is 9.87. The number of piperidine rings is 1. The highest BCUT2D eigenvalue weighted by Crippen LogP contribution is 2.39. The first-order valence-electron chi connectivity index (χ1n) is 11.9. The van der Waals surface area contributed by atoms with E-state index in [2.05, 4.69) is 36.5 Å². The van der Waals surface area contributed by atoms with Gasteiger partial charge < -0.3 is 15.0 Å². The second-order valence-electron chi connectivity index (χ2n) is 9.04. The van der Waals surface area contributed by atoms with Crippen LogP contribution >= 0.6 is 0 Å².